The molecule has 0 aliphatic carbocycles. The van der Waals surface area contributed by atoms with Crippen LogP contribution in [0.4, 0.5) is 16.3 Å². The maximum Gasteiger partial charge on any atom is 0.360 e. The van der Waals surface area contributed by atoms with E-state index in [9.17, 15) is 9.59 Å². The van der Waals surface area contributed by atoms with E-state index in [0.29, 0.717) is 55.8 Å². The minimum Gasteiger partial charge on any atom is -0.488 e. The lowest BCUT2D eigenvalue weighted by molar-refractivity contribution is 0.0589. The van der Waals surface area contributed by atoms with Crippen molar-refractivity contribution < 1.29 is 23.8 Å². The highest BCUT2D eigenvalue weighted by atomic mass is 16.5. The molecule has 1 aromatic carbocycles. The van der Waals surface area contributed by atoms with Crippen LogP contribution in [0.25, 0.3) is 11.4 Å². The summed E-state index contributed by atoms with van der Waals surface area (Å²) in [6, 6.07) is 6.15. The van der Waals surface area contributed by atoms with Crippen LogP contribution < -0.4 is 20.7 Å². The van der Waals surface area contributed by atoms with Crippen LogP contribution >= 0.6 is 0 Å². The summed E-state index contributed by atoms with van der Waals surface area (Å²) in [5.74, 6) is 0.525. The van der Waals surface area contributed by atoms with Crippen molar-refractivity contribution in [2.45, 2.75) is 6.92 Å². The van der Waals surface area contributed by atoms with E-state index >= 15 is 0 Å². The second-order valence-electron chi connectivity index (χ2n) is 6.14. The number of methoxy groups -OCH3 is 1. The molecule has 2 amide bonds. The smallest absolute Gasteiger partial charge is 0.360 e. The summed E-state index contributed by atoms with van der Waals surface area (Å²) in [6.07, 6.45) is 0. The average Bonchev–Trinajstić information content (AvgIpc) is 2.74. The number of amides is 2. The predicted molar refractivity (Wildman–Crippen MR) is 106 cm³/mol. The number of carbonyl (C=O) groups excluding carboxylic acids is 2. The molecule has 2 heterocycles. The van der Waals surface area contributed by atoms with Gasteiger partial charge in [0.05, 0.1) is 26.9 Å². The number of nitrogens with one attached hydrogen (secondary N) is 1. The zero-order chi connectivity index (χ0) is 20.8. The summed E-state index contributed by atoms with van der Waals surface area (Å²) in [6.45, 7) is 4.48. The van der Waals surface area contributed by atoms with Crippen molar-refractivity contribution in [2.75, 3.05) is 50.2 Å². The summed E-state index contributed by atoms with van der Waals surface area (Å²) >= 11 is 0. The first-order chi connectivity index (χ1) is 14.0. The number of rotatable bonds is 6. The highest BCUT2D eigenvalue weighted by Crippen LogP contribution is 2.33. The number of nitrogens with zero attached hydrogens (tertiary/aromatic N) is 3. The minimum atomic E-state index is -0.655. The number of ether oxygens (including phenoxy) is 3. The van der Waals surface area contributed by atoms with Gasteiger partial charge in [-0.15, -0.1) is 0 Å². The summed E-state index contributed by atoms with van der Waals surface area (Å²) in [7, 11) is 1.29. The van der Waals surface area contributed by atoms with Crippen molar-refractivity contribution in [2.24, 2.45) is 5.73 Å². The summed E-state index contributed by atoms with van der Waals surface area (Å²) in [5.41, 5.74) is 6.38. The molecule has 0 spiro atoms. The Morgan fingerprint density at radius 2 is 1.90 bits per heavy atom. The molecule has 0 unspecified atom stereocenters. The zero-order valence-corrected chi connectivity index (χ0v) is 16.3. The molecule has 0 bridgehead atoms. The first-order valence-electron chi connectivity index (χ1n) is 9.16. The second kappa shape index (κ2) is 9.20. The third-order valence-electron chi connectivity index (χ3n) is 4.24. The summed E-state index contributed by atoms with van der Waals surface area (Å²) < 4.78 is 16.1. The Balaban J connectivity index is 2.08. The van der Waals surface area contributed by atoms with Crippen LogP contribution in [0.2, 0.25) is 0 Å². The number of anilines is 2. The third kappa shape index (κ3) is 4.72. The summed E-state index contributed by atoms with van der Waals surface area (Å²) in [4.78, 5) is 34.5. The molecule has 154 valence electrons. The van der Waals surface area contributed by atoms with Crippen LogP contribution in [0.5, 0.6) is 5.75 Å². The molecule has 0 radical (unpaired) electrons. The van der Waals surface area contributed by atoms with Crippen molar-refractivity contribution in [3.8, 4) is 17.1 Å². The van der Waals surface area contributed by atoms with Gasteiger partial charge in [0.1, 0.15) is 0 Å². The van der Waals surface area contributed by atoms with E-state index in [4.69, 9.17) is 19.9 Å². The highest BCUT2D eigenvalue weighted by Gasteiger charge is 2.27. The highest BCUT2D eigenvalue weighted by molar-refractivity contribution is 5.93. The normalized spacial score (nSPS) is 13.7. The van der Waals surface area contributed by atoms with E-state index in [0.717, 1.165) is 0 Å². The standard InChI is InChI=1S/C19H23N5O5/c1-3-29-15-14(18(25)27-2)22-16(23-17(15)24-8-10-28-11-9-24)12-4-6-13(7-5-12)21-19(20)26/h4-7H,3,8-11H2,1-2H3,(H3,20,21,26). The number of hydrogen-bond donors (Lipinski definition) is 2. The van der Waals surface area contributed by atoms with Gasteiger partial charge in [0, 0.05) is 24.3 Å². The number of hydrogen-bond acceptors (Lipinski definition) is 8. The Kier molecular flexibility index (Phi) is 6.45. The SMILES string of the molecule is CCOc1c(C(=O)OC)nc(-c2ccc(NC(N)=O)cc2)nc1N1CCOCC1. The third-order valence-corrected chi connectivity index (χ3v) is 4.24. The zero-order valence-electron chi connectivity index (χ0n) is 16.3. The van der Waals surface area contributed by atoms with Gasteiger partial charge in [0.15, 0.2) is 23.1 Å². The minimum absolute atomic E-state index is 0.0557. The van der Waals surface area contributed by atoms with Crippen LogP contribution in [0.1, 0.15) is 17.4 Å². The number of benzene rings is 1. The molecule has 1 fully saturated rings. The van der Waals surface area contributed by atoms with Gasteiger partial charge in [0.2, 0.25) is 0 Å². The van der Waals surface area contributed by atoms with E-state index in [1.807, 2.05) is 11.8 Å². The number of urea groups is 1. The van der Waals surface area contributed by atoms with Crippen LogP contribution in [0.3, 0.4) is 0 Å². The van der Waals surface area contributed by atoms with E-state index in [1.54, 1.807) is 24.3 Å². The van der Waals surface area contributed by atoms with Crippen LogP contribution in [0.15, 0.2) is 24.3 Å². The average molecular weight is 401 g/mol. The molecule has 3 N–H and O–H groups in total. The largest absolute Gasteiger partial charge is 0.488 e. The number of morpholine rings is 1. The fraction of sp³-hybridized carbons (Fsp3) is 0.368. The molecule has 1 aromatic heterocycles. The van der Waals surface area contributed by atoms with Gasteiger partial charge in [-0.2, -0.15) is 0 Å². The van der Waals surface area contributed by atoms with Gasteiger partial charge < -0.3 is 30.2 Å². The molecule has 1 aliphatic rings. The first-order valence-corrected chi connectivity index (χ1v) is 9.16. The van der Waals surface area contributed by atoms with E-state index in [1.165, 1.54) is 7.11 Å². The number of esters is 1. The van der Waals surface area contributed by atoms with Crippen LogP contribution in [0, 0.1) is 0 Å². The fourth-order valence-corrected chi connectivity index (χ4v) is 2.91. The van der Waals surface area contributed by atoms with Crippen molar-refractivity contribution >= 4 is 23.5 Å². The van der Waals surface area contributed by atoms with Crippen LogP contribution in [-0.2, 0) is 9.47 Å². The van der Waals surface area contributed by atoms with E-state index < -0.39 is 12.0 Å². The Labute approximate surface area is 168 Å². The molecule has 10 heteroatoms. The topological polar surface area (TPSA) is 129 Å². The van der Waals surface area contributed by atoms with Gasteiger partial charge in [-0.25, -0.2) is 19.6 Å². The van der Waals surface area contributed by atoms with Gasteiger partial charge in [-0.3, -0.25) is 0 Å². The molecule has 29 heavy (non-hydrogen) atoms. The monoisotopic (exact) mass is 401 g/mol. The van der Waals surface area contributed by atoms with E-state index in [-0.39, 0.29) is 11.4 Å². The predicted octanol–water partition coefficient (Wildman–Crippen LogP) is 1.66. The number of nitrogens with two attached hydrogens (primary N) is 1. The number of carbonyl (C=O) groups is 2. The molecule has 3 rings (SSSR count). The Morgan fingerprint density at radius 1 is 1.21 bits per heavy atom. The fourth-order valence-electron chi connectivity index (χ4n) is 2.91. The van der Waals surface area contributed by atoms with Gasteiger partial charge in [0.25, 0.3) is 0 Å². The number of aromatic nitrogens is 2. The molecule has 0 atom stereocenters. The Bertz CT molecular complexity index is 881. The van der Waals surface area contributed by atoms with Crippen molar-refractivity contribution in [3.63, 3.8) is 0 Å². The molecule has 0 saturated carbocycles. The molecule has 2 aromatic rings. The van der Waals surface area contributed by atoms with Crippen molar-refractivity contribution in [3.05, 3.63) is 30.0 Å². The van der Waals surface area contributed by atoms with Gasteiger partial charge >= 0.3 is 12.0 Å². The number of primary amides is 1. The maximum atomic E-state index is 12.4. The van der Waals surface area contributed by atoms with Crippen LogP contribution in [-0.4, -0.2) is 62.0 Å². The second-order valence-corrected chi connectivity index (χ2v) is 6.14. The molecule has 1 aliphatic heterocycles. The lowest BCUT2D eigenvalue weighted by Gasteiger charge is -2.29. The lowest BCUT2D eigenvalue weighted by Crippen LogP contribution is -2.37. The maximum absolute atomic E-state index is 12.4. The molecular weight excluding hydrogens is 378 g/mol. The molecule has 10 nitrogen and oxygen atoms in total. The van der Waals surface area contributed by atoms with Crippen molar-refractivity contribution in [1.82, 2.24) is 9.97 Å². The van der Waals surface area contributed by atoms with Crippen molar-refractivity contribution in [1.29, 1.82) is 0 Å². The van der Waals surface area contributed by atoms with Gasteiger partial charge in [-0.05, 0) is 31.2 Å². The van der Waals surface area contributed by atoms with E-state index in [2.05, 4.69) is 15.3 Å². The molecular formula is C19H23N5O5. The lowest BCUT2D eigenvalue weighted by atomic mass is 10.2. The first kappa shape index (κ1) is 20.3. The molecule has 1 saturated heterocycles. The van der Waals surface area contributed by atoms with Gasteiger partial charge in [-0.1, -0.05) is 0 Å². The Hall–Kier alpha value is -3.40. The quantitative estimate of drug-likeness (QED) is 0.699. The summed E-state index contributed by atoms with van der Waals surface area (Å²) in [5, 5.41) is 2.49. The Morgan fingerprint density at radius 3 is 2.48 bits per heavy atom.